The summed E-state index contributed by atoms with van der Waals surface area (Å²) in [5, 5.41) is 1.12. The zero-order valence-corrected chi connectivity index (χ0v) is 12.7. The van der Waals surface area contributed by atoms with Crippen LogP contribution >= 0.6 is 0 Å². The molecule has 0 unspecified atom stereocenters. The van der Waals surface area contributed by atoms with E-state index in [9.17, 15) is 0 Å². The zero-order chi connectivity index (χ0) is 15.2. The number of ether oxygens (including phenoxy) is 1. The predicted octanol–water partition coefficient (Wildman–Crippen LogP) is 4.66. The molecule has 2 aromatic carbocycles. The predicted molar refractivity (Wildman–Crippen MR) is 88.2 cm³/mol. The summed E-state index contributed by atoms with van der Waals surface area (Å²) in [5.74, 6) is 0.728. The van der Waals surface area contributed by atoms with Crippen LogP contribution in [0.5, 0.6) is 0 Å². The van der Waals surface area contributed by atoms with Crippen LogP contribution in [0.3, 0.4) is 0 Å². The second kappa shape index (κ2) is 4.73. The normalized spacial score (nSPS) is 16.5. The van der Waals surface area contributed by atoms with E-state index in [2.05, 4.69) is 37.0 Å². The average molecular weight is 291 g/mol. The SMILES string of the molecule is CC1(C)COC(c2cccc(-c3cccc4occc34)c2)=N1. The van der Waals surface area contributed by atoms with Gasteiger partial charge in [0.2, 0.25) is 5.90 Å². The Labute approximate surface area is 129 Å². The largest absolute Gasteiger partial charge is 0.475 e. The number of nitrogens with zero attached hydrogens (tertiary/aromatic N) is 1. The number of hydrogen-bond acceptors (Lipinski definition) is 3. The van der Waals surface area contributed by atoms with Crippen LogP contribution in [-0.4, -0.2) is 18.0 Å². The van der Waals surface area contributed by atoms with Crippen LogP contribution in [0.2, 0.25) is 0 Å². The van der Waals surface area contributed by atoms with Crippen molar-refractivity contribution in [2.45, 2.75) is 19.4 Å². The van der Waals surface area contributed by atoms with Gasteiger partial charge in [-0.05, 0) is 49.2 Å². The lowest BCUT2D eigenvalue weighted by Gasteiger charge is -2.07. The molecule has 0 N–H and O–H groups in total. The van der Waals surface area contributed by atoms with Gasteiger partial charge in [0.25, 0.3) is 0 Å². The molecule has 0 saturated heterocycles. The van der Waals surface area contributed by atoms with Gasteiger partial charge in [-0.15, -0.1) is 0 Å². The Hall–Kier alpha value is -2.55. The van der Waals surface area contributed by atoms with E-state index in [4.69, 9.17) is 9.15 Å². The molecule has 3 heteroatoms. The van der Waals surface area contributed by atoms with Gasteiger partial charge in [-0.2, -0.15) is 0 Å². The number of benzene rings is 2. The molecular formula is C19H17NO2. The third-order valence-corrected chi connectivity index (χ3v) is 3.88. The first-order valence-corrected chi connectivity index (χ1v) is 7.42. The number of furan rings is 1. The Morgan fingerprint density at radius 1 is 1.00 bits per heavy atom. The van der Waals surface area contributed by atoms with Gasteiger partial charge in [0.05, 0.1) is 11.8 Å². The molecule has 0 amide bonds. The first-order chi connectivity index (χ1) is 10.6. The van der Waals surface area contributed by atoms with E-state index >= 15 is 0 Å². The maximum Gasteiger partial charge on any atom is 0.216 e. The Kier molecular flexibility index (Phi) is 2.83. The van der Waals surface area contributed by atoms with Gasteiger partial charge in [0, 0.05) is 10.9 Å². The molecular weight excluding hydrogens is 274 g/mol. The highest BCUT2D eigenvalue weighted by molar-refractivity contribution is 5.99. The van der Waals surface area contributed by atoms with Crippen LogP contribution in [0, 0.1) is 0 Å². The fourth-order valence-corrected chi connectivity index (χ4v) is 2.80. The Balaban J connectivity index is 1.81. The summed E-state index contributed by atoms with van der Waals surface area (Å²) in [5.41, 5.74) is 4.07. The summed E-state index contributed by atoms with van der Waals surface area (Å²) < 4.78 is 11.2. The van der Waals surface area contributed by atoms with Gasteiger partial charge in [0.1, 0.15) is 12.2 Å². The summed E-state index contributed by atoms with van der Waals surface area (Å²) >= 11 is 0. The smallest absolute Gasteiger partial charge is 0.216 e. The summed E-state index contributed by atoms with van der Waals surface area (Å²) in [7, 11) is 0. The number of fused-ring (bicyclic) bond motifs is 1. The summed E-state index contributed by atoms with van der Waals surface area (Å²) in [6.45, 7) is 4.79. The monoisotopic (exact) mass is 291 g/mol. The first-order valence-electron chi connectivity index (χ1n) is 7.42. The molecule has 2 heterocycles. The van der Waals surface area contributed by atoms with Crippen molar-refractivity contribution in [1.82, 2.24) is 0 Å². The summed E-state index contributed by atoms with van der Waals surface area (Å²) in [6, 6.07) is 16.4. The van der Waals surface area contributed by atoms with Gasteiger partial charge in [0.15, 0.2) is 0 Å². The van der Waals surface area contributed by atoms with Crippen molar-refractivity contribution in [3.05, 3.63) is 60.4 Å². The molecule has 0 fully saturated rings. The minimum atomic E-state index is -0.143. The molecule has 110 valence electrons. The molecule has 0 spiro atoms. The van der Waals surface area contributed by atoms with Gasteiger partial charge in [-0.1, -0.05) is 24.3 Å². The maximum absolute atomic E-state index is 5.75. The van der Waals surface area contributed by atoms with Gasteiger partial charge >= 0.3 is 0 Å². The standard InChI is InChI=1S/C19H17NO2/c1-19(2)12-22-18(20-19)14-6-3-5-13(11-14)15-7-4-8-17-16(15)9-10-21-17/h3-11H,12H2,1-2H3. The fourth-order valence-electron chi connectivity index (χ4n) is 2.80. The quantitative estimate of drug-likeness (QED) is 0.688. The molecule has 3 nitrogen and oxygen atoms in total. The molecule has 1 aliphatic rings. The highest BCUT2D eigenvalue weighted by Gasteiger charge is 2.27. The van der Waals surface area contributed by atoms with Crippen LogP contribution in [0.15, 0.2) is 64.2 Å². The van der Waals surface area contributed by atoms with Crippen LogP contribution < -0.4 is 0 Å². The molecule has 0 atom stereocenters. The number of hydrogen-bond donors (Lipinski definition) is 0. The van der Waals surface area contributed by atoms with E-state index in [1.54, 1.807) is 6.26 Å². The second-order valence-electron chi connectivity index (χ2n) is 6.24. The summed E-state index contributed by atoms with van der Waals surface area (Å²) in [6.07, 6.45) is 1.73. The minimum absolute atomic E-state index is 0.143. The second-order valence-corrected chi connectivity index (χ2v) is 6.24. The third-order valence-electron chi connectivity index (χ3n) is 3.88. The lowest BCUT2D eigenvalue weighted by Crippen LogP contribution is -2.17. The van der Waals surface area contributed by atoms with Crippen molar-refractivity contribution in [1.29, 1.82) is 0 Å². The Bertz CT molecular complexity index is 874. The van der Waals surface area contributed by atoms with Crippen LogP contribution in [0.4, 0.5) is 0 Å². The van der Waals surface area contributed by atoms with E-state index in [1.165, 1.54) is 0 Å². The zero-order valence-electron chi connectivity index (χ0n) is 12.7. The molecule has 0 saturated carbocycles. The molecule has 0 aliphatic carbocycles. The molecule has 1 aliphatic heterocycles. The lowest BCUT2D eigenvalue weighted by atomic mass is 10.00. The van der Waals surface area contributed by atoms with Crippen molar-refractivity contribution in [3.63, 3.8) is 0 Å². The van der Waals surface area contributed by atoms with Crippen molar-refractivity contribution in [2.24, 2.45) is 4.99 Å². The van der Waals surface area contributed by atoms with Gasteiger partial charge in [-0.25, -0.2) is 4.99 Å². The van der Waals surface area contributed by atoms with Crippen LogP contribution in [-0.2, 0) is 4.74 Å². The van der Waals surface area contributed by atoms with E-state index in [-0.39, 0.29) is 5.54 Å². The lowest BCUT2D eigenvalue weighted by molar-refractivity contribution is 0.279. The Morgan fingerprint density at radius 2 is 1.82 bits per heavy atom. The third kappa shape index (κ3) is 2.19. The van der Waals surface area contributed by atoms with Gasteiger partial charge < -0.3 is 9.15 Å². The summed E-state index contributed by atoms with van der Waals surface area (Å²) in [4.78, 5) is 4.65. The maximum atomic E-state index is 5.75. The van der Waals surface area contributed by atoms with Crippen molar-refractivity contribution >= 4 is 16.9 Å². The highest BCUT2D eigenvalue weighted by atomic mass is 16.5. The fraction of sp³-hybridized carbons (Fsp3) is 0.211. The van der Waals surface area contributed by atoms with E-state index in [0.29, 0.717) is 6.61 Å². The van der Waals surface area contributed by atoms with Crippen molar-refractivity contribution < 1.29 is 9.15 Å². The first kappa shape index (κ1) is 13.1. The average Bonchev–Trinajstić information content (AvgIpc) is 3.13. The molecule has 22 heavy (non-hydrogen) atoms. The Morgan fingerprint density at radius 3 is 2.64 bits per heavy atom. The van der Waals surface area contributed by atoms with E-state index in [1.807, 2.05) is 30.3 Å². The van der Waals surface area contributed by atoms with Crippen LogP contribution in [0.25, 0.3) is 22.1 Å². The van der Waals surface area contributed by atoms with E-state index < -0.39 is 0 Å². The molecule has 0 bridgehead atoms. The van der Waals surface area contributed by atoms with Crippen LogP contribution in [0.1, 0.15) is 19.4 Å². The minimum Gasteiger partial charge on any atom is -0.475 e. The van der Waals surface area contributed by atoms with Crippen molar-refractivity contribution in [3.8, 4) is 11.1 Å². The van der Waals surface area contributed by atoms with E-state index in [0.717, 1.165) is 33.6 Å². The topological polar surface area (TPSA) is 34.7 Å². The molecule has 4 rings (SSSR count). The molecule has 1 aromatic heterocycles. The number of rotatable bonds is 2. The number of aliphatic imine (C=N–C) groups is 1. The molecule has 3 aromatic rings. The molecule has 0 radical (unpaired) electrons. The van der Waals surface area contributed by atoms with Gasteiger partial charge in [-0.3, -0.25) is 0 Å². The van der Waals surface area contributed by atoms with Crippen molar-refractivity contribution in [2.75, 3.05) is 6.61 Å². The highest BCUT2D eigenvalue weighted by Crippen LogP contribution is 2.30.